The Kier molecular flexibility index (Phi) is 6.77. The average Bonchev–Trinajstić information content (AvgIpc) is 3.29. The molecule has 2 aromatic heterocycles. The Morgan fingerprint density at radius 1 is 1.19 bits per heavy atom. The van der Waals surface area contributed by atoms with E-state index in [2.05, 4.69) is 47.5 Å². The van der Waals surface area contributed by atoms with Gasteiger partial charge in [-0.3, -0.25) is 9.69 Å². The van der Waals surface area contributed by atoms with Crippen molar-refractivity contribution in [2.45, 2.75) is 19.9 Å². The topological polar surface area (TPSA) is 56.1 Å². The summed E-state index contributed by atoms with van der Waals surface area (Å²) in [6, 6.07) is 18.4. The Labute approximate surface area is 167 Å². The SMILES string of the molecule is Cc1ccc(CN(CCc2ccccc2)CC(=O)Nc2sccc2C#N)s1. The molecule has 3 aromatic rings. The number of nitriles is 1. The fourth-order valence-corrected chi connectivity index (χ4v) is 4.49. The van der Waals surface area contributed by atoms with Gasteiger partial charge >= 0.3 is 0 Å². The van der Waals surface area contributed by atoms with Gasteiger partial charge in [-0.25, -0.2) is 0 Å². The van der Waals surface area contributed by atoms with E-state index in [1.165, 1.54) is 26.7 Å². The van der Waals surface area contributed by atoms with Gasteiger partial charge in [-0.05, 0) is 42.5 Å². The molecule has 1 amide bonds. The summed E-state index contributed by atoms with van der Waals surface area (Å²) in [5.41, 5.74) is 1.77. The van der Waals surface area contributed by atoms with Gasteiger partial charge in [-0.1, -0.05) is 30.3 Å². The van der Waals surface area contributed by atoms with Gasteiger partial charge in [0.2, 0.25) is 5.91 Å². The van der Waals surface area contributed by atoms with E-state index >= 15 is 0 Å². The monoisotopic (exact) mass is 395 g/mol. The highest BCUT2D eigenvalue weighted by molar-refractivity contribution is 7.14. The minimum absolute atomic E-state index is 0.0877. The normalized spacial score (nSPS) is 10.7. The Morgan fingerprint density at radius 2 is 2.00 bits per heavy atom. The van der Waals surface area contributed by atoms with E-state index in [-0.39, 0.29) is 5.91 Å². The molecule has 0 unspecified atom stereocenters. The van der Waals surface area contributed by atoms with Crippen LogP contribution in [0, 0.1) is 18.3 Å². The molecule has 0 saturated carbocycles. The minimum Gasteiger partial charge on any atom is -0.315 e. The van der Waals surface area contributed by atoms with Gasteiger partial charge in [-0.15, -0.1) is 22.7 Å². The Morgan fingerprint density at radius 3 is 2.70 bits per heavy atom. The molecule has 27 heavy (non-hydrogen) atoms. The van der Waals surface area contributed by atoms with Crippen LogP contribution in [-0.2, 0) is 17.8 Å². The van der Waals surface area contributed by atoms with Gasteiger partial charge in [0.15, 0.2) is 0 Å². The van der Waals surface area contributed by atoms with Crippen LogP contribution < -0.4 is 5.32 Å². The predicted molar refractivity (Wildman–Crippen MR) is 112 cm³/mol. The maximum atomic E-state index is 12.5. The van der Waals surface area contributed by atoms with Gasteiger partial charge in [0, 0.05) is 22.8 Å². The van der Waals surface area contributed by atoms with Gasteiger partial charge in [0.1, 0.15) is 11.1 Å². The molecule has 138 valence electrons. The number of amides is 1. The van der Waals surface area contributed by atoms with E-state index in [9.17, 15) is 4.79 Å². The van der Waals surface area contributed by atoms with Crippen molar-refractivity contribution in [2.24, 2.45) is 0 Å². The minimum atomic E-state index is -0.0877. The standard InChI is InChI=1S/C21H21N3OS2/c1-16-7-8-19(27-16)14-24(11-9-17-5-3-2-4-6-17)15-20(25)23-21-18(13-22)10-12-26-21/h2-8,10,12H,9,11,14-15H2,1H3,(H,23,25). The highest BCUT2D eigenvalue weighted by Crippen LogP contribution is 2.22. The second-order valence-corrected chi connectivity index (χ2v) is 8.57. The summed E-state index contributed by atoms with van der Waals surface area (Å²) in [7, 11) is 0. The summed E-state index contributed by atoms with van der Waals surface area (Å²) in [6.07, 6.45) is 0.890. The fourth-order valence-electron chi connectivity index (χ4n) is 2.80. The van der Waals surface area contributed by atoms with Crippen LogP contribution in [0.4, 0.5) is 5.00 Å². The predicted octanol–water partition coefficient (Wildman–Crippen LogP) is 4.67. The zero-order valence-corrected chi connectivity index (χ0v) is 16.8. The van der Waals surface area contributed by atoms with Crippen molar-refractivity contribution >= 4 is 33.6 Å². The number of aryl methyl sites for hydroxylation is 1. The summed E-state index contributed by atoms with van der Waals surface area (Å²) < 4.78 is 0. The molecule has 0 aliphatic heterocycles. The first kappa shape index (κ1) is 19.3. The second kappa shape index (κ2) is 9.47. The van der Waals surface area contributed by atoms with Crippen molar-refractivity contribution in [3.8, 4) is 6.07 Å². The molecule has 6 heteroatoms. The second-order valence-electron chi connectivity index (χ2n) is 6.28. The van der Waals surface area contributed by atoms with Crippen LogP contribution in [0.2, 0.25) is 0 Å². The van der Waals surface area contributed by atoms with Crippen molar-refractivity contribution in [1.29, 1.82) is 5.26 Å². The van der Waals surface area contributed by atoms with Crippen molar-refractivity contribution < 1.29 is 4.79 Å². The first-order chi connectivity index (χ1) is 13.1. The number of thiophene rings is 2. The lowest BCUT2D eigenvalue weighted by Gasteiger charge is -2.21. The molecule has 0 saturated heterocycles. The van der Waals surface area contributed by atoms with Gasteiger partial charge in [-0.2, -0.15) is 5.26 Å². The molecule has 0 bridgehead atoms. The summed E-state index contributed by atoms with van der Waals surface area (Å²) in [6.45, 7) is 3.93. The molecule has 2 heterocycles. The third kappa shape index (κ3) is 5.76. The lowest BCUT2D eigenvalue weighted by atomic mass is 10.1. The Balaban J connectivity index is 1.64. The van der Waals surface area contributed by atoms with Crippen molar-refractivity contribution in [1.82, 2.24) is 4.90 Å². The number of anilines is 1. The molecule has 3 rings (SSSR count). The molecule has 1 aromatic carbocycles. The summed E-state index contributed by atoms with van der Waals surface area (Å²) in [5, 5.41) is 14.4. The van der Waals surface area contributed by atoms with Crippen molar-refractivity contribution in [3.05, 3.63) is 74.8 Å². The van der Waals surface area contributed by atoms with Crippen LogP contribution in [0.1, 0.15) is 20.9 Å². The third-order valence-electron chi connectivity index (χ3n) is 4.14. The molecule has 0 fully saturated rings. The number of nitrogens with one attached hydrogen (secondary N) is 1. The fraction of sp³-hybridized carbons (Fsp3) is 0.238. The maximum absolute atomic E-state index is 12.5. The van der Waals surface area contributed by atoms with E-state index in [4.69, 9.17) is 5.26 Å². The molecule has 0 spiro atoms. The summed E-state index contributed by atoms with van der Waals surface area (Å²) in [5.74, 6) is -0.0877. The molecule has 4 nitrogen and oxygen atoms in total. The zero-order chi connectivity index (χ0) is 19.1. The largest absolute Gasteiger partial charge is 0.315 e. The summed E-state index contributed by atoms with van der Waals surface area (Å²) >= 11 is 3.14. The third-order valence-corrected chi connectivity index (χ3v) is 5.96. The lowest BCUT2D eigenvalue weighted by Crippen LogP contribution is -2.34. The molecular weight excluding hydrogens is 374 g/mol. The highest BCUT2D eigenvalue weighted by Gasteiger charge is 2.15. The maximum Gasteiger partial charge on any atom is 0.239 e. The summed E-state index contributed by atoms with van der Waals surface area (Å²) in [4.78, 5) is 17.2. The van der Waals surface area contributed by atoms with E-state index in [0.717, 1.165) is 19.5 Å². The van der Waals surface area contributed by atoms with Crippen LogP contribution in [0.5, 0.6) is 0 Å². The number of carbonyl (C=O) groups excluding carboxylic acids is 1. The van der Waals surface area contributed by atoms with Crippen LogP contribution in [-0.4, -0.2) is 23.9 Å². The highest BCUT2D eigenvalue weighted by atomic mass is 32.1. The zero-order valence-electron chi connectivity index (χ0n) is 15.1. The van der Waals surface area contributed by atoms with Crippen LogP contribution in [0.25, 0.3) is 0 Å². The van der Waals surface area contributed by atoms with Crippen molar-refractivity contribution in [3.63, 3.8) is 0 Å². The quantitative estimate of drug-likeness (QED) is 0.603. The number of carbonyl (C=O) groups is 1. The molecule has 1 N–H and O–H groups in total. The Hall–Kier alpha value is -2.46. The average molecular weight is 396 g/mol. The number of nitrogens with zero attached hydrogens (tertiary/aromatic N) is 2. The number of hydrogen-bond donors (Lipinski definition) is 1. The molecule has 0 atom stereocenters. The van der Waals surface area contributed by atoms with Gasteiger partial charge in [0.05, 0.1) is 12.1 Å². The van der Waals surface area contributed by atoms with E-state index in [1.54, 1.807) is 17.4 Å². The number of benzene rings is 1. The molecule has 0 aliphatic rings. The van der Waals surface area contributed by atoms with Crippen molar-refractivity contribution in [2.75, 3.05) is 18.4 Å². The smallest absolute Gasteiger partial charge is 0.239 e. The first-order valence-electron chi connectivity index (χ1n) is 8.73. The van der Waals surface area contributed by atoms with Crippen LogP contribution in [0.15, 0.2) is 53.9 Å². The van der Waals surface area contributed by atoms with E-state index < -0.39 is 0 Å². The van der Waals surface area contributed by atoms with Gasteiger partial charge < -0.3 is 5.32 Å². The first-order valence-corrected chi connectivity index (χ1v) is 10.4. The lowest BCUT2D eigenvalue weighted by molar-refractivity contribution is -0.117. The van der Waals surface area contributed by atoms with Crippen LogP contribution >= 0.6 is 22.7 Å². The van der Waals surface area contributed by atoms with E-state index in [0.29, 0.717) is 17.1 Å². The molecular formula is C21H21N3OS2. The van der Waals surface area contributed by atoms with Gasteiger partial charge in [0.25, 0.3) is 0 Å². The molecule has 0 radical (unpaired) electrons. The van der Waals surface area contributed by atoms with Crippen LogP contribution in [0.3, 0.4) is 0 Å². The number of hydrogen-bond acceptors (Lipinski definition) is 5. The Bertz CT molecular complexity index is 924. The molecule has 0 aliphatic carbocycles. The van der Waals surface area contributed by atoms with E-state index in [1.807, 2.05) is 23.6 Å². The number of rotatable bonds is 8.